The molecule has 0 saturated carbocycles. The van der Waals surface area contributed by atoms with E-state index in [9.17, 15) is 5.11 Å². The van der Waals surface area contributed by atoms with Crippen LogP contribution in [-0.2, 0) is 0 Å². The number of pyridine rings is 1. The van der Waals surface area contributed by atoms with Crippen LogP contribution in [0.5, 0.6) is 0 Å². The highest BCUT2D eigenvalue weighted by Gasteiger charge is 2.06. The van der Waals surface area contributed by atoms with E-state index >= 15 is 0 Å². The molecule has 3 nitrogen and oxygen atoms in total. The smallest absolute Gasteiger partial charge is 0.0805 e. The van der Waals surface area contributed by atoms with Gasteiger partial charge in [-0.2, -0.15) is 0 Å². The first-order valence-electron chi connectivity index (χ1n) is 4.54. The van der Waals surface area contributed by atoms with Crippen LogP contribution >= 0.6 is 0 Å². The molecular weight excluding hydrogens is 164 g/mol. The molecule has 1 rings (SSSR count). The summed E-state index contributed by atoms with van der Waals surface area (Å²) in [6.45, 7) is 2.55. The Kier molecular flexibility index (Phi) is 3.86. The van der Waals surface area contributed by atoms with Crippen molar-refractivity contribution in [2.75, 3.05) is 6.54 Å². The predicted molar refractivity (Wildman–Crippen MR) is 52.2 cm³/mol. The summed E-state index contributed by atoms with van der Waals surface area (Å²) < 4.78 is 0. The summed E-state index contributed by atoms with van der Waals surface area (Å²) in [6, 6.07) is 3.81. The van der Waals surface area contributed by atoms with Crippen LogP contribution in [0.1, 0.15) is 30.2 Å². The minimum Gasteiger partial charge on any atom is -0.388 e. The molecule has 0 fully saturated rings. The first kappa shape index (κ1) is 10.2. The third kappa shape index (κ3) is 3.13. The molecule has 1 aromatic heterocycles. The van der Waals surface area contributed by atoms with Crippen molar-refractivity contribution in [2.24, 2.45) is 5.73 Å². The quantitative estimate of drug-likeness (QED) is 0.731. The lowest BCUT2D eigenvalue weighted by Crippen LogP contribution is -2.04. The third-order valence-electron chi connectivity index (χ3n) is 2.00. The molecule has 1 atom stereocenters. The van der Waals surface area contributed by atoms with Crippen molar-refractivity contribution in [1.82, 2.24) is 4.98 Å². The van der Waals surface area contributed by atoms with Crippen LogP contribution in [0, 0.1) is 6.92 Å². The second-order valence-corrected chi connectivity index (χ2v) is 3.18. The van der Waals surface area contributed by atoms with E-state index in [1.165, 1.54) is 0 Å². The van der Waals surface area contributed by atoms with Crippen LogP contribution in [0.4, 0.5) is 0 Å². The summed E-state index contributed by atoms with van der Waals surface area (Å²) in [5.41, 5.74) is 7.19. The fourth-order valence-corrected chi connectivity index (χ4v) is 1.15. The number of rotatable bonds is 4. The third-order valence-corrected chi connectivity index (χ3v) is 2.00. The van der Waals surface area contributed by atoms with Crippen molar-refractivity contribution in [3.63, 3.8) is 0 Å². The molecule has 0 aromatic carbocycles. The molecule has 1 aromatic rings. The zero-order chi connectivity index (χ0) is 9.68. The van der Waals surface area contributed by atoms with Gasteiger partial charge in [0, 0.05) is 11.9 Å². The molecule has 0 aliphatic heterocycles. The van der Waals surface area contributed by atoms with Gasteiger partial charge in [-0.05, 0) is 37.9 Å². The van der Waals surface area contributed by atoms with E-state index in [1.807, 2.05) is 19.1 Å². The van der Waals surface area contributed by atoms with Gasteiger partial charge in [-0.15, -0.1) is 0 Å². The van der Waals surface area contributed by atoms with Gasteiger partial charge in [0.1, 0.15) is 0 Å². The molecular formula is C10H16N2O. The van der Waals surface area contributed by atoms with Crippen molar-refractivity contribution in [3.8, 4) is 0 Å². The molecule has 1 heterocycles. The average Bonchev–Trinajstić information content (AvgIpc) is 2.15. The SMILES string of the molecule is Cc1ccc(C(O)CCCN)cn1. The van der Waals surface area contributed by atoms with Crippen LogP contribution in [0.25, 0.3) is 0 Å². The Morgan fingerprint density at radius 2 is 2.31 bits per heavy atom. The van der Waals surface area contributed by atoms with Gasteiger partial charge < -0.3 is 10.8 Å². The molecule has 0 saturated heterocycles. The summed E-state index contributed by atoms with van der Waals surface area (Å²) in [5.74, 6) is 0. The Morgan fingerprint density at radius 3 is 2.85 bits per heavy atom. The van der Waals surface area contributed by atoms with Gasteiger partial charge in [-0.1, -0.05) is 6.07 Å². The number of nitrogens with two attached hydrogens (primary N) is 1. The second kappa shape index (κ2) is 4.94. The number of aromatic nitrogens is 1. The molecule has 0 aliphatic rings. The Morgan fingerprint density at radius 1 is 1.54 bits per heavy atom. The highest BCUT2D eigenvalue weighted by atomic mass is 16.3. The highest BCUT2D eigenvalue weighted by Crippen LogP contribution is 2.16. The van der Waals surface area contributed by atoms with Gasteiger partial charge >= 0.3 is 0 Å². The largest absolute Gasteiger partial charge is 0.388 e. The maximum atomic E-state index is 9.65. The maximum absolute atomic E-state index is 9.65. The van der Waals surface area contributed by atoms with Gasteiger partial charge in [0.2, 0.25) is 0 Å². The Balaban J connectivity index is 2.55. The lowest BCUT2D eigenvalue weighted by Gasteiger charge is -2.09. The molecule has 13 heavy (non-hydrogen) atoms. The fraction of sp³-hybridized carbons (Fsp3) is 0.500. The number of aliphatic hydroxyl groups excluding tert-OH is 1. The van der Waals surface area contributed by atoms with Crippen molar-refractivity contribution in [2.45, 2.75) is 25.9 Å². The van der Waals surface area contributed by atoms with E-state index in [0.717, 1.165) is 17.7 Å². The Labute approximate surface area is 78.6 Å². The van der Waals surface area contributed by atoms with Gasteiger partial charge in [0.15, 0.2) is 0 Å². The zero-order valence-electron chi connectivity index (χ0n) is 7.90. The van der Waals surface area contributed by atoms with E-state index < -0.39 is 6.10 Å². The number of nitrogens with zero attached hydrogens (tertiary/aromatic N) is 1. The normalized spacial score (nSPS) is 12.8. The fourth-order valence-electron chi connectivity index (χ4n) is 1.15. The molecule has 0 amide bonds. The van der Waals surface area contributed by atoms with Crippen molar-refractivity contribution in [3.05, 3.63) is 29.6 Å². The Hall–Kier alpha value is -0.930. The monoisotopic (exact) mass is 180 g/mol. The summed E-state index contributed by atoms with van der Waals surface area (Å²) in [7, 11) is 0. The molecule has 3 heteroatoms. The predicted octanol–water partition coefficient (Wildman–Crippen LogP) is 1.16. The number of aryl methyl sites for hydroxylation is 1. The van der Waals surface area contributed by atoms with Crippen LogP contribution in [0.2, 0.25) is 0 Å². The number of hydrogen-bond donors (Lipinski definition) is 2. The van der Waals surface area contributed by atoms with E-state index in [1.54, 1.807) is 6.20 Å². The van der Waals surface area contributed by atoms with Gasteiger partial charge in [-0.3, -0.25) is 4.98 Å². The van der Waals surface area contributed by atoms with E-state index in [4.69, 9.17) is 5.73 Å². The maximum Gasteiger partial charge on any atom is 0.0805 e. The van der Waals surface area contributed by atoms with E-state index in [-0.39, 0.29) is 0 Å². The summed E-state index contributed by atoms with van der Waals surface area (Å²) >= 11 is 0. The van der Waals surface area contributed by atoms with E-state index in [2.05, 4.69) is 4.98 Å². The molecule has 1 unspecified atom stereocenters. The van der Waals surface area contributed by atoms with Crippen molar-refractivity contribution < 1.29 is 5.11 Å². The lowest BCUT2D eigenvalue weighted by atomic mass is 10.1. The molecule has 72 valence electrons. The molecule has 3 N–H and O–H groups in total. The van der Waals surface area contributed by atoms with Crippen LogP contribution in [-0.4, -0.2) is 16.6 Å². The summed E-state index contributed by atoms with van der Waals surface area (Å²) in [5, 5.41) is 9.65. The van der Waals surface area contributed by atoms with Crippen LogP contribution in [0.15, 0.2) is 18.3 Å². The van der Waals surface area contributed by atoms with Crippen molar-refractivity contribution >= 4 is 0 Å². The average molecular weight is 180 g/mol. The summed E-state index contributed by atoms with van der Waals surface area (Å²) in [4.78, 5) is 4.12. The minimum atomic E-state index is -0.420. The van der Waals surface area contributed by atoms with Gasteiger partial charge in [0.25, 0.3) is 0 Å². The van der Waals surface area contributed by atoms with E-state index in [0.29, 0.717) is 13.0 Å². The second-order valence-electron chi connectivity index (χ2n) is 3.18. The molecule has 0 spiro atoms. The topological polar surface area (TPSA) is 59.1 Å². The highest BCUT2D eigenvalue weighted by molar-refractivity contribution is 5.15. The molecule has 0 radical (unpaired) electrons. The summed E-state index contributed by atoms with van der Waals surface area (Å²) in [6.07, 6.45) is 2.85. The Bertz CT molecular complexity index is 246. The molecule has 0 aliphatic carbocycles. The standard InChI is InChI=1S/C10H16N2O/c1-8-4-5-9(7-12-8)10(13)3-2-6-11/h4-5,7,10,13H,2-3,6,11H2,1H3. The lowest BCUT2D eigenvalue weighted by molar-refractivity contribution is 0.165. The van der Waals surface area contributed by atoms with Crippen LogP contribution in [0.3, 0.4) is 0 Å². The first-order valence-corrected chi connectivity index (χ1v) is 4.54. The van der Waals surface area contributed by atoms with Crippen LogP contribution < -0.4 is 5.73 Å². The number of hydrogen-bond acceptors (Lipinski definition) is 3. The van der Waals surface area contributed by atoms with Crippen molar-refractivity contribution in [1.29, 1.82) is 0 Å². The zero-order valence-corrected chi connectivity index (χ0v) is 7.90. The number of aliphatic hydroxyl groups is 1. The first-order chi connectivity index (χ1) is 6.24. The minimum absolute atomic E-state index is 0.420. The molecule has 0 bridgehead atoms. The van der Waals surface area contributed by atoms with Gasteiger partial charge in [-0.25, -0.2) is 0 Å². The van der Waals surface area contributed by atoms with Gasteiger partial charge in [0.05, 0.1) is 6.10 Å².